The Morgan fingerprint density at radius 1 is 1.15 bits per heavy atom. The monoisotopic (exact) mass is 361 g/mol. The maximum absolute atomic E-state index is 12.2. The summed E-state index contributed by atoms with van der Waals surface area (Å²) in [6, 6.07) is 7.96. The summed E-state index contributed by atoms with van der Waals surface area (Å²) >= 11 is 0. The number of anilines is 1. The summed E-state index contributed by atoms with van der Waals surface area (Å²) in [4.78, 5) is 26.2. The molecule has 26 heavy (non-hydrogen) atoms. The Morgan fingerprint density at radius 2 is 1.85 bits per heavy atom. The predicted octanol–water partition coefficient (Wildman–Crippen LogP) is 3.53. The van der Waals surface area contributed by atoms with Gasteiger partial charge in [0.1, 0.15) is 5.60 Å². The molecule has 0 aliphatic carbocycles. The Balaban J connectivity index is 1.73. The van der Waals surface area contributed by atoms with Crippen molar-refractivity contribution in [1.29, 1.82) is 0 Å². The Bertz CT molecular complexity index is 605. The molecule has 0 spiro atoms. The first-order chi connectivity index (χ1) is 12.3. The Labute approximate surface area is 156 Å². The van der Waals surface area contributed by atoms with Crippen molar-refractivity contribution in [1.82, 2.24) is 10.2 Å². The molecule has 144 valence electrons. The van der Waals surface area contributed by atoms with Crippen LogP contribution < -0.4 is 10.6 Å². The van der Waals surface area contributed by atoms with Crippen molar-refractivity contribution in [3.8, 4) is 0 Å². The third kappa shape index (κ3) is 7.44. The largest absolute Gasteiger partial charge is 0.444 e. The highest BCUT2D eigenvalue weighted by Crippen LogP contribution is 2.20. The second-order valence-electron chi connectivity index (χ2n) is 7.72. The molecule has 1 aromatic carbocycles. The van der Waals surface area contributed by atoms with Gasteiger partial charge >= 0.3 is 6.09 Å². The summed E-state index contributed by atoms with van der Waals surface area (Å²) < 4.78 is 5.16. The minimum atomic E-state index is -0.513. The van der Waals surface area contributed by atoms with E-state index in [2.05, 4.69) is 21.6 Å². The lowest BCUT2D eigenvalue weighted by atomic mass is 10.1. The van der Waals surface area contributed by atoms with Crippen LogP contribution in [0.3, 0.4) is 0 Å². The number of alkyl carbamates (subject to hydrolysis) is 1. The van der Waals surface area contributed by atoms with Crippen LogP contribution in [0.15, 0.2) is 24.3 Å². The molecule has 1 fully saturated rings. The van der Waals surface area contributed by atoms with Crippen LogP contribution in [0, 0.1) is 0 Å². The number of amides is 2. The number of carbonyl (C=O) groups is 2. The summed E-state index contributed by atoms with van der Waals surface area (Å²) in [6.07, 6.45) is 2.97. The molecule has 0 bridgehead atoms. The normalized spacial score (nSPS) is 14.9. The molecule has 2 rings (SSSR count). The van der Waals surface area contributed by atoms with E-state index in [0.717, 1.165) is 30.9 Å². The lowest BCUT2D eigenvalue weighted by molar-refractivity contribution is -0.116. The second kappa shape index (κ2) is 9.57. The molecule has 1 saturated heterocycles. The van der Waals surface area contributed by atoms with Crippen LogP contribution in [-0.2, 0) is 16.1 Å². The summed E-state index contributed by atoms with van der Waals surface area (Å²) in [5.41, 5.74) is 1.51. The standard InChI is InChI=1S/C20H31N3O3/c1-20(2,3)26-19(25)21-12-8-11-18(24)22-17-10-5-4-9-16(17)15-23-13-6-7-14-23/h4-5,9-10H,6-8,11-15H2,1-3H3,(H,21,25)(H,22,24). The Hall–Kier alpha value is -2.08. The molecule has 2 amide bonds. The highest BCUT2D eigenvalue weighted by Gasteiger charge is 2.16. The van der Waals surface area contributed by atoms with E-state index in [1.165, 1.54) is 12.8 Å². The van der Waals surface area contributed by atoms with Crippen LogP contribution in [0.5, 0.6) is 0 Å². The molecule has 1 aliphatic heterocycles. The first-order valence-corrected chi connectivity index (χ1v) is 9.40. The number of likely N-dealkylation sites (tertiary alicyclic amines) is 1. The molecule has 0 atom stereocenters. The topological polar surface area (TPSA) is 70.7 Å². The Morgan fingerprint density at radius 3 is 2.54 bits per heavy atom. The molecule has 0 radical (unpaired) electrons. The first kappa shape index (κ1) is 20.2. The molecule has 1 aromatic rings. The highest BCUT2D eigenvalue weighted by atomic mass is 16.6. The van der Waals surface area contributed by atoms with Gasteiger partial charge in [-0.1, -0.05) is 18.2 Å². The number of carbonyl (C=O) groups excluding carboxylic acids is 2. The Kier molecular flexibility index (Phi) is 7.45. The number of hydrogen-bond acceptors (Lipinski definition) is 4. The van der Waals surface area contributed by atoms with E-state index in [1.807, 2.05) is 39.0 Å². The number of nitrogens with zero attached hydrogens (tertiary/aromatic N) is 1. The minimum Gasteiger partial charge on any atom is -0.444 e. The lowest BCUT2D eigenvalue weighted by Gasteiger charge is -2.19. The highest BCUT2D eigenvalue weighted by molar-refractivity contribution is 5.91. The van der Waals surface area contributed by atoms with Gasteiger partial charge in [-0.05, 0) is 64.8 Å². The van der Waals surface area contributed by atoms with E-state index in [1.54, 1.807) is 0 Å². The summed E-state index contributed by atoms with van der Waals surface area (Å²) in [5.74, 6) is -0.0372. The van der Waals surface area contributed by atoms with E-state index in [-0.39, 0.29) is 5.91 Å². The fourth-order valence-electron chi connectivity index (χ4n) is 2.93. The van der Waals surface area contributed by atoms with Crippen molar-refractivity contribution in [2.45, 2.75) is 58.6 Å². The smallest absolute Gasteiger partial charge is 0.407 e. The van der Waals surface area contributed by atoms with Crippen LogP contribution >= 0.6 is 0 Å². The SMILES string of the molecule is CC(C)(C)OC(=O)NCCCC(=O)Nc1ccccc1CN1CCCC1. The van der Waals surface area contributed by atoms with Gasteiger partial charge in [0, 0.05) is 25.2 Å². The predicted molar refractivity (Wildman–Crippen MR) is 103 cm³/mol. The van der Waals surface area contributed by atoms with Crippen molar-refractivity contribution >= 4 is 17.7 Å². The van der Waals surface area contributed by atoms with Crippen LogP contribution in [0.4, 0.5) is 10.5 Å². The van der Waals surface area contributed by atoms with Crippen molar-refractivity contribution in [3.63, 3.8) is 0 Å². The average molecular weight is 361 g/mol. The maximum atomic E-state index is 12.2. The zero-order valence-corrected chi connectivity index (χ0v) is 16.1. The molecule has 0 aromatic heterocycles. The van der Waals surface area contributed by atoms with Gasteiger partial charge < -0.3 is 15.4 Å². The zero-order valence-electron chi connectivity index (χ0n) is 16.1. The van der Waals surface area contributed by atoms with Crippen molar-refractivity contribution in [2.75, 3.05) is 25.0 Å². The second-order valence-corrected chi connectivity index (χ2v) is 7.72. The van der Waals surface area contributed by atoms with E-state index in [0.29, 0.717) is 19.4 Å². The average Bonchev–Trinajstić information content (AvgIpc) is 3.05. The molecular weight excluding hydrogens is 330 g/mol. The van der Waals surface area contributed by atoms with Gasteiger partial charge in [0.2, 0.25) is 5.91 Å². The fourth-order valence-corrected chi connectivity index (χ4v) is 2.93. The van der Waals surface area contributed by atoms with Gasteiger partial charge in [-0.25, -0.2) is 4.79 Å². The van der Waals surface area contributed by atoms with Crippen LogP contribution in [0.1, 0.15) is 52.0 Å². The third-order valence-electron chi connectivity index (χ3n) is 4.13. The van der Waals surface area contributed by atoms with Crippen LogP contribution in [0.2, 0.25) is 0 Å². The number of rotatable bonds is 7. The van der Waals surface area contributed by atoms with E-state index < -0.39 is 11.7 Å². The quantitative estimate of drug-likeness (QED) is 0.729. The van der Waals surface area contributed by atoms with Crippen molar-refractivity contribution in [3.05, 3.63) is 29.8 Å². The van der Waals surface area contributed by atoms with E-state index >= 15 is 0 Å². The summed E-state index contributed by atoms with van der Waals surface area (Å²) in [6.45, 7) is 8.99. The van der Waals surface area contributed by atoms with Crippen molar-refractivity contribution < 1.29 is 14.3 Å². The van der Waals surface area contributed by atoms with E-state index in [4.69, 9.17) is 4.74 Å². The number of benzene rings is 1. The molecule has 2 N–H and O–H groups in total. The lowest BCUT2D eigenvalue weighted by Crippen LogP contribution is -2.33. The first-order valence-electron chi connectivity index (χ1n) is 9.40. The van der Waals surface area contributed by atoms with Crippen molar-refractivity contribution in [2.24, 2.45) is 0 Å². The summed E-state index contributed by atoms with van der Waals surface area (Å²) in [5, 5.41) is 5.67. The van der Waals surface area contributed by atoms with Crippen LogP contribution in [-0.4, -0.2) is 42.1 Å². The van der Waals surface area contributed by atoms with Gasteiger partial charge in [0.05, 0.1) is 0 Å². The molecule has 6 heteroatoms. The molecule has 1 heterocycles. The van der Waals surface area contributed by atoms with Gasteiger partial charge in [-0.15, -0.1) is 0 Å². The number of ether oxygens (including phenoxy) is 1. The summed E-state index contributed by atoms with van der Waals surface area (Å²) in [7, 11) is 0. The number of hydrogen-bond donors (Lipinski definition) is 2. The number of nitrogens with one attached hydrogen (secondary N) is 2. The maximum Gasteiger partial charge on any atom is 0.407 e. The van der Waals surface area contributed by atoms with Gasteiger partial charge in [-0.2, -0.15) is 0 Å². The van der Waals surface area contributed by atoms with Crippen LogP contribution in [0.25, 0.3) is 0 Å². The molecule has 1 aliphatic rings. The molecule has 0 saturated carbocycles. The minimum absolute atomic E-state index is 0.0372. The number of para-hydroxylation sites is 1. The fraction of sp³-hybridized carbons (Fsp3) is 0.600. The molecule has 0 unspecified atom stereocenters. The van der Waals surface area contributed by atoms with Gasteiger partial charge in [0.15, 0.2) is 0 Å². The third-order valence-corrected chi connectivity index (χ3v) is 4.13. The van der Waals surface area contributed by atoms with E-state index in [9.17, 15) is 9.59 Å². The van der Waals surface area contributed by atoms with Gasteiger partial charge in [0.25, 0.3) is 0 Å². The molecular formula is C20H31N3O3. The molecule has 6 nitrogen and oxygen atoms in total. The zero-order chi connectivity index (χ0) is 19.0. The van der Waals surface area contributed by atoms with Gasteiger partial charge in [-0.3, -0.25) is 9.69 Å².